The van der Waals surface area contributed by atoms with Crippen LogP contribution in [-0.2, 0) is 9.22 Å². The molecule has 2 saturated carbocycles. The third-order valence-electron chi connectivity index (χ3n) is 8.82. The van der Waals surface area contributed by atoms with Crippen LogP contribution < -0.4 is 0 Å². The van der Waals surface area contributed by atoms with Crippen LogP contribution in [0, 0.1) is 28.6 Å². The van der Waals surface area contributed by atoms with E-state index in [9.17, 15) is 4.79 Å². The number of allylic oxidation sites excluding steroid dienone is 2. The van der Waals surface area contributed by atoms with Gasteiger partial charge < -0.3 is 4.43 Å². The molecule has 0 bridgehead atoms. The van der Waals surface area contributed by atoms with Crippen LogP contribution in [0.4, 0.5) is 0 Å². The van der Waals surface area contributed by atoms with Crippen LogP contribution in [-0.4, -0.2) is 20.2 Å². The molecule has 0 aromatic rings. The molecule has 3 aliphatic carbocycles. The normalized spacial score (nSPS) is 40.1. The number of fused-ring (bicyclic) bond motifs is 3. The van der Waals surface area contributed by atoms with E-state index < -0.39 is 8.32 Å². The SMILES string of the molecule is CC1(C)[C@H]2CC[C@@H]3C=CC(=O)C[C@H]3[C@]2(C)CC[C@H]1O[Si](C)(C)C(C)(C)C. The molecule has 0 radical (unpaired) electrons. The summed E-state index contributed by atoms with van der Waals surface area (Å²) >= 11 is 0. The van der Waals surface area contributed by atoms with E-state index in [0.717, 1.165) is 12.8 Å². The smallest absolute Gasteiger partial charge is 0.192 e. The Bertz CT molecular complexity index is 598. The highest BCUT2D eigenvalue weighted by Crippen LogP contribution is 2.63. The van der Waals surface area contributed by atoms with Gasteiger partial charge in [-0.1, -0.05) is 47.6 Å². The number of rotatable bonds is 2. The predicted molar refractivity (Wildman–Crippen MR) is 112 cm³/mol. The van der Waals surface area contributed by atoms with Crippen LogP contribution in [0.2, 0.25) is 18.1 Å². The lowest BCUT2D eigenvalue weighted by molar-refractivity contribution is -0.148. The van der Waals surface area contributed by atoms with E-state index in [-0.39, 0.29) is 15.9 Å². The maximum absolute atomic E-state index is 12.2. The summed E-state index contributed by atoms with van der Waals surface area (Å²) in [4.78, 5) is 12.2. The van der Waals surface area contributed by atoms with Crippen molar-refractivity contribution in [3.8, 4) is 0 Å². The zero-order valence-corrected chi connectivity index (χ0v) is 19.3. The lowest BCUT2D eigenvalue weighted by Gasteiger charge is -2.62. The van der Waals surface area contributed by atoms with Crippen molar-refractivity contribution >= 4 is 14.1 Å². The minimum atomic E-state index is -1.77. The Hall–Kier alpha value is -0.413. The molecule has 3 heteroatoms. The Kier molecular flexibility index (Phi) is 4.93. The maximum atomic E-state index is 12.2. The highest BCUT2D eigenvalue weighted by Gasteiger charge is 2.59. The number of ketones is 1. The molecule has 0 aromatic carbocycles. The summed E-state index contributed by atoms with van der Waals surface area (Å²) in [5.74, 6) is 2.14. The summed E-state index contributed by atoms with van der Waals surface area (Å²) in [6, 6.07) is 0. The summed E-state index contributed by atoms with van der Waals surface area (Å²) < 4.78 is 6.97. The first-order chi connectivity index (χ1) is 11.8. The summed E-state index contributed by atoms with van der Waals surface area (Å²) in [6.45, 7) is 19.2. The van der Waals surface area contributed by atoms with Gasteiger partial charge in [0.25, 0.3) is 0 Å². The fourth-order valence-electron chi connectivity index (χ4n) is 6.13. The fraction of sp³-hybridized carbons (Fsp3) is 0.870. The van der Waals surface area contributed by atoms with Crippen molar-refractivity contribution in [2.75, 3.05) is 0 Å². The van der Waals surface area contributed by atoms with Gasteiger partial charge in [-0.15, -0.1) is 0 Å². The Morgan fingerprint density at radius 2 is 1.77 bits per heavy atom. The van der Waals surface area contributed by atoms with Gasteiger partial charge >= 0.3 is 0 Å². The van der Waals surface area contributed by atoms with Crippen LogP contribution in [0.15, 0.2) is 12.2 Å². The van der Waals surface area contributed by atoms with Crippen molar-refractivity contribution in [1.29, 1.82) is 0 Å². The lowest BCUT2D eigenvalue weighted by Crippen LogP contribution is -2.59. The van der Waals surface area contributed by atoms with Crippen LogP contribution >= 0.6 is 0 Å². The van der Waals surface area contributed by atoms with Crippen LogP contribution in [0.25, 0.3) is 0 Å². The highest BCUT2D eigenvalue weighted by atomic mass is 28.4. The molecule has 0 amide bonds. The topological polar surface area (TPSA) is 26.3 Å². The Morgan fingerprint density at radius 3 is 2.38 bits per heavy atom. The summed E-state index contributed by atoms with van der Waals surface area (Å²) in [6.07, 6.45) is 10.1. The zero-order chi connectivity index (χ0) is 19.5. The van der Waals surface area contributed by atoms with E-state index >= 15 is 0 Å². The molecule has 3 rings (SSSR count). The molecule has 0 heterocycles. The van der Waals surface area contributed by atoms with Gasteiger partial charge in [0.2, 0.25) is 0 Å². The van der Waals surface area contributed by atoms with Gasteiger partial charge in [-0.25, -0.2) is 0 Å². The monoisotopic (exact) mass is 376 g/mol. The molecule has 0 saturated heterocycles. The molecule has 2 fully saturated rings. The van der Waals surface area contributed by atoms with Gasteiger partial charge in [-0.2, -0.15) is 0 Å². The van der Waals surface area contributed by atoms with E-state index in [1.165, 1.54) is 19.3 Å². The molecule has 0 N–H and O–H groups in total. The zero-order valence-electron chi connectivity index (χ0n) is 18.3. The van der Waals surface area contributed by atoms with Gasteiger partial charge in [0.05, 0.1) is 6.10 Å². The first-order valence-electron chi connectivity index (χ1n) is 10.7. The van der Waals surface area contributed by atoms with Gasteiger partial charge in [-0.05, 0) is 78.5 Å². The molecule has 2 nitrogen and oxygen atoms in total. The number of hydrogen-bond donors (Lipinski definition) is 0. The van der Waals surface area contributed by atoms with E-state index in [0.29, 0.717) is 29.6 Å². The average molecular weight is 377 g/mol. The third kappa shape index (κ3) is 3.17. The minimum absolute atomic E-state index is 0.178. The molecule has 26 heavy (non-hydrogen) atoms. The van der Waals surface area contributed by atoms with Crippen molar-refractivity contribution in [3.05, 3.63) is 12.2 Å². The molecule has 0 aromatic heterocycles. The maximum Gasteiger partial charge on any atom is 0.192 e. The Morgan fingerprint density at radius 1 is 1.12 bits per heavy atom. The van der Waals surface area contributed by atoms with Crippen molar-refractivity contribution in [2.45, 2.75) is 97.9 Å². The number of carbonyl (C=O) groups is 1. The van der Waals surface area contributed by atoms with Crippen LogP contribution in [0.5, 0.6) is 0 Å². The summed E-state index contributed by atoms with van der Waals surface area (Å²) in [5, 5.41) is 0.252. The summed E-state index contributed by atoms with van der Waals surface area (Å²) in [7, 11) is -1.77. The second-order valence-electron chi connectivity index (χ2n) is 11.7. The minimum Gasteiger partial charge on any atom is -0.413 e. The number of carbonyl (C=O) groups excluding carboxylic acids is 1. The molecular formula is C23H40O2Si. The predicted octanol–water partition coefficient (Wildman–Crippen LogP) is 6.37. The van der Waals surface area contributed by atoms with Gasteiger partial charge in [0, 0.05) is 6.42 Å². The molecular weight excluding hydrogens is 336 g/mol. The van der Waals surface area contributed by atoms with Gasteiger partial charge in [0.1, 0.15) is 0 Å². The number of hydrogen-bond acceptors (Lipinski definition) is 2. The summed E-state index contributed by atoms with van der Waals surface area (Å²) in [5.41, 5.74) is 0.456. The highest BCUT2D eigenvalue weighted by molar-refractivity contribution is 6.74. The first kappa shape index (κ1) is 20.3. The Labute approximate surface area is 162 Å². The fourth-order valence-corrected chi connectivity index (χ4v) is 7.62. The molecule has 3 aliphatic rings. The molecule has 5 atom stereocenters. The van der Waals surface area contributed by atoms with Gasteiger partial charge in [-0.3, -0.25) is 4.79 Å². The van der Waals surface area contributed by atoms with E-state index in [1.807, 2.05) is 6.08 Å². The van der Waals surface area contributed by atoms with E-state index in [1.54, 1.807) is 0 Å². The van der Waals surface area contributed by atoms with E-state index in [4.69, 9.17) is 4.43 Å². The van der Waals surface area contributed by atoms with E-state index in [2.05, 4.69) is 60.7 Å². The second-order valence-corrected chi connectivity index (χ2v) is 16.4. The standard InChI is InChI=1S/C23H40O2Si/c1-21(2,3)26(7,8)25-20-13-14-23(6)18-15-17(24)11-9-16(18)10-12-19(23)22(20,4)5/h9,11,16,18-20H,10,12-15H2,1-8H3/t16-,18+,19+,20+,23-/m0/s1. The Balaban J connectivity index is 1.86. The van der Waals surface area contributed by atoms with Crippen molar-refractivity contribution in [1.82, 2.24) is 0 Å². The van der Waals surface area contributed by atoms with Crippen molar-refractivity contribution in [2.24, 2.45) is 28.6 Å². The third-order valence-corrected chi connectivity index (χ3v) is 13.3. The average Bonchev–Trinajstić information content (AvgIpc) is 2.49. The molecule has 0 spiro atoms. The molecule has 0 unspecified atom stereocenters. The second kappa shape index (κ2) is 6.30. The van der Waals surface area contributed by atoms with Crippen LogP contribution in [0.3, 0.4) is 0 Å². The molecule has 148 valence electrons. The van der Waals surface area contributed by atoms with Crippen molar-refractivity contribution in [3.63, 3.8) is 0 Å². The first-order valence-corrected chi connectivity index (χ1v) is 13.6. The van der Waals surface area contributed by atoms with Gasteiger partial charge in [0.15, 0.2) is 14.1 Å². The largest absolute Gasteiger partial charge is 0.413 e. The lowest BCUT2D eigenvalue weighted by atomic mass is 9.44. The quantitative estimate of drug-likeness (QED) is 0.523. The molecule has 0 aliphatic heterocycles. The van der Waals surface area contributed by atoms with Crippen LogP contribution in [0.1, 0.15) is 73.6 Å². The van der Waals surface area contributed by atoms with Crippen molar-refractivity contribution < 1.29 is 9.22 Å².